The van der Waals surface area contributed by atoms with Crippen molar-refractivity contribution in [2.75, 3.05) is 32.7 Å². The third-order valence-corrected chi connectivity index (χ3v) is 4.77. The molecule has 0 radical (unpaired) electrons. The standard InChI is InChI=1S/C14H21FN2O/c1-2-7-16-8-6-13(9-16)10-17(11-13)12(18)14(15)4-3-5-14/h2H,1,3-11H2. The molecule has 1 amide bonds. The van der Waals surface area contributed by atoms with Crippen LogP contribution in [0.2, 0.25) is 0 Å². The van der Waals surface area contributed by atoms with Crippen LogP contribution in [0.4, 0.5) is 4.39 Å². The third kappa shape index (κ3) is 1.78. The molecule has 2 saturated heterocycles. The van der Waals surface area contributed by atoms with E-state index in [1.54, 1.807) is 4.90 Å². The van der Waals surface area contributed by atoms with Crippen molar-refractivity contribution in [1.29, 1.82) is 0 Å². The van der Waals surface area contributed by atoms with Crippen molar-refractivity contribution < 1.29 is 9.18 Å². The highest BCUT2D eigenvalue weighted by molar-refractivity contribution is 5.87. The van der Waals surface area contributed by atoms with E-state index in [1.165, 1.54) is 0 Å². The van der Waals surface area contributed by atoms with Crippen LogP contribution in [0.15, 0.2) is 12.7 Å². The average molecular weight is 252 g/mol. The molecule has 0 unspecified atom stereocenters. The van der Waals surface area contributed by atoms with E-state index in [-0.39, 0.29) is 11.3 Å². The van der Waals surface area contributed by atoms with Crippen LogP contribution in [0.25, 0.3) is 0 Å². The van der Waals surface area contributed by atoms with Gasteiger partial charge >= 0.3 is 0 Å². The van der Waals surface area contributed by atoms with Crippen LogP contribution < -0.4 is 0 Å². The number of halogens is 1. The van der Waals surface area contributed by atoms with Gasteiger partial charge in [-0.15, -0.1) is 6.58 Å². The Bertz CT molecular complexity index is 372. The van der Waals surface area contributed by atoms with Gasteiger partial charge in [0.2, 0.25) is 0 Å². The first kappa shape index (κ1) is 12.2. The predicted molar refractivity (Wildman–Crippen MR) is 68.0 cm³/mol. The smallest absolute Gasteiger partial charge is 0.260 e. The number of rotatable bonds is 3. The number of carbonyl (C=O) groups excluding carboxylic acids is 1. The second-order valence-corrected chi connectivity index (χ2v) is 6.25. The molecule has 0 bridgehead atoms. The fourth-order valence-electron chi connectivity index (χ4n) is 3.52. The van der Waals surface area contributed by atoms with Gasteiger partial charge in [-0.2, -0.15) is 0 Å². The monoisotopic (exact) mass is 252 g/mol. The number of amides is 1. The summed E-state index contributed by atoms with van der Waals surface area (Å²) >= 11 is 0. The van der Waals surface area contributed by atoms with Crippen LogP contribution in [0.1, 0.15) is 25.7 Å². The number of hydrogen-bond acceptors (Lipinski definition) is 2. The molecule has 2 aliphatic heterocycles. The topological polar surface area (TPSA) is 23.6 Å². The minimum atomic E-state index is -1.51. The van der Waals surface area contributed by atoms with Crippen molar-refractivity contribution >= 4 is 5.91 Å². The molecule has 4 heteroatoms. The molecular formula is C14H21FN2O. The molecule has 0 N–H and O–H groups in total. The van der Waals surface area contributed by atoms with Crippen LogP contribution in [0, 0.1) is 5.41 Å². The maximum Gasteiger partial charge on any atom is 0.260 e. The SMILES string of the molecule is C=CCN1CCC2(C1)CN(C(=O)C1(F)CCC1)C2. The van der Waals surface area contributed by atoms with Gasteiger partial charge in [0.05, 0.1) is 0 Å². The highest BCUT2D eigenvalue weighted by atomic mass is 19.1. The minimum Gasteiger partial charge on any atom is -0.339 e. The quantitative estimate of drug-likeness (QED) is 0.712. The van der Waals surface area contributed by atoms with Crippen molar-refractivity contribution in [3.05, 3.63) is 12.7 Å². The Morgan fingerprint density at radius 2 is 2.00 bits per heavy atom. The lowest BCUT2D eigenvalue weighted by Gasteiger charge is -2.51. The summed E-state index contributed by atoms with van der Waals surface area (Å²) in [6.45, 7) is 8.29. The Morgan fingerprint density at radius 1 is 1.28 bits per heavy atom. The molecule has 100 valence electrons. The molecule has 1 aliphatic carbocycles. The zero-order chi connectivity index (χ0) is 12.8. The van der Waals surface area contributed by atoms with Crippen LogP contribution in [0.5, 0.6) is 0 Å². The normalized spacial score (nSPS) is 28.8. The molecule has 1 saturated carbocycles. The summed E-state index contributed by atoms with van der Waals surface area (Å²) in [6, 6.07) is 0. The van der Waals surface area contributed by atoms with E-state index in [4.69, 9.17) is 0 Å². The Balaban J connectivity index is 1.54. The highest BCUT2D eigenvalue weighted by Gasteiger charge is 2.55. The van der Waals surface area contributed by atoms with Gasteiger partial charge < -0.3 is 4.90 Å². The van der Waals surface area contributed by atoms with E-state index in [2.05, 4.69) is 11.5 Å². The second-order valence-electron chi connectivity index (χ2n) is 6.25. The first-order valence-electron chi connectivity index (χ1n) is 6.89. The van der Waals surface area contributed by atoms with E-state index in [9.17, 15) is 9.18 Å². The highest BCUT2D eigenvalue weighted by Crippen LogP contribution is 2.44. The summed E-state index contributed by atoms with van der Waals surface area (Å²) in [4.78, 5) is 16.1. The summed E-state index contributed by atoms with van der Waals surface area (Å²) in [7, 11) is 0. The fourth-order valence-corrected chi connectivity index (χ4v) is 3.52. The van der Waals surface area contributed by atoms with Gasteiger partial charge in [-0.25, -0.2) is 4.39 Å². The summed E-state index contributed by atoms with van der Waals surface area (Å²) in [6.07, 6.45) is 4.76. The molecule has 2 heterocycles. The van der Waals surface area contributed by atoms with E-state index < -0.39 is 5.67 Å². The predicted octanol–water partition coefficient (Wildman–Crippen LogP) is 1.60. The van der Waals surface area contributed by atoms with Crippen LogP contribution in [0.3, 0.4) is 0 Å². The van der Waals surface area contributed by atoms with Gasteiger partial charge in [0, 0.05) is 31.6 Å². The molecule has 3 fully saturated rings. The number of nitrogens with zero attached hydrogens (tertiary/aromatic N) is 2. The average Bonchev–Trinajstić information content (AvgIpc) is 2.68. The van der Waals surface area contributed by atoms with Crippen LogP contribution in [-0.4, -0.2) is 54.1 Å². The van der Waals surface area contributed by atoms with Crippen molar-refractivity contribution in [3.63, 3.8) is 0 Å². The lowest BCUT2D eigenvalue weighted by atomic mass is 9.75. The minimum absolute atomic E-state index is 0.249. The zero-order valence-corrected chi connectivity index (χ0v) is 10.8. The summed E-state index contributed by atoms with van der Waals surface area (Å²) in [5.41, 5.74) is -1.26. The van der Waals surface area contributed by atoms with Crippen molar-refractivity contribution in [1.82, 2.24) is 9.80 Å². The number of alkyl halides is 1. The Hall–Kier alpha value is -0.900. The van der Waals surface area contributed by atoms with E-state index >= 15 is 0 Å². The third-order valence-electron chi connectivity index (χ3n) is 4.77. The van der Waals surface area contributed by atoms with E-state index in [0.717, 1.165) is 45.6 Å². The largest absolute Gasteiger partial charge is 0.339 e. The second kappa shape index (κ2) is 4.05. The van der Waals surface area contributed by atoms with Crippen molar-refractivity contribution in [2.45, 2.75) is 31.4 Å². The van der Waals surface area contributed by atoms with Crippen molar-refractivity contribution in [3.8, 4) is 0 Å². The van der Waals surface area contributed by atoms with E-state index in [0.29, 0.717) is 12.8 Å². The molecule has 1 spiro atoms. The fraction of sp³-hybridized carbons (Fsp3) is 0.786. The van der Waals surface area contributed by atoms with Crippen LogP contribution in [-0.2, 0) is 4.79 Å². The first-order chi connectivity index (χ1) is 8.57. The number of carbonyl (C=O) groups is 1. The maximum absolute atomic E-state index is 14.0. The summed E-state index contributed by atoms with van der Waals surface area (Å²) < 4.78 is 14.0. The molecule has 0 aromatic carbocycles. The lowest BCUT2D eigenvalue weighted by molar-refractivity contribution is -0.161. The van der Waals surface area contributed by atoms with Gasteiger partial charge in [0.25, 0.3) is 5.91 Å². The van der Waals surface area contributed by atoms with Gasteiger partial charge in [-0.1, -0.05) is 6.08 Å². The molecule has 3 rings (SSSR count). The Morgan fingerprint density at radius 3 is 2.56 bits per heavy atom. The molecule has 0 aromatic rings. The Kier molecular flexibility index (Phi) is 2.73. The molecular weight excluding hydrogens is 231 g/mol. The maximum atomic E-state index is 14.0. The van der Waals surface area contributed by atoms with Gasteiger partial charge in [0.1, 0.15) is 0 Å². The molecule has 0 atom stereocenters. The summed E-state index contributed by atoms with van der Waals surface area (Å²) in [5.74, 6) is -0.249. The van der Waals surface area contributed by atoms with Gasteiger partial charge in [-0.3, -0.25) is 9.69 Å². The first-order valence-corrected chi connectivity index (χ1v) is 6.89. The Labute approximate surface area is 108 Å². The van der Waals surface area contributed by atoms with Gasteiger partial charge in [-0.05, 0) is 32.2 Å². The molecule has 18 heavy (non-hydrogen) atoms. The van der Waals surface area contributed by atoms with Gasteiger partial charge in [0.15, 0.2) is 5.67 Å². The number of likely N-dealkylation sites (tertiary alicyclic amines) is 2. The van der Waals surface area contributed by atoms with E-state index in [1.807, 2.05) is 6.08 Å². The lowest BCUT2D eigenvalue weighted by Crippen LogP contribution is -2.64. The summed E-state index contributed by atoms with van der Waals surface area (Å²) in [5, 5.41) is 0. The molecule has 3 aliphatic rings. The van der Waals surface area contributed by atoms with Crippen LogP contribution >= 0.6 is 0 Å². The zero-order valence-electron chi connectivity index (χ0n) is 10.8. The number of hydrogen-bond donors (Lipinski definition) is 0. The molecule has 0 aromatic heterocycles. The molecule has 3 nitrogen and oxygen atoms in total. The van der Waals surface area contributed by atoms with Crippen molar-refractivity contribution in [2.24, 2.45) is 5.41 Å².